The molecule has 8 heteroatoms. The van der Waals surface area contributed by atoms with Crippen LogP contribution in [0.4, 0.5) is 0 Å². The van der Waals surface area contributed by atoms with E-state index in [1.807, 2.05) is 35.2 Å². The van der Waals surface area contributed by atoms with Crippen LogP contribution in [0.3, 0.4) is 0 Å². The van der Waals surface area contributed by atoms with Gasteiger partial charge in [-0.05, 0) is 30.2 Å². The normalized spacial score (nSPS) is 18.6. The van der Waals surface area contributed by atoms with Gasteiger partial charge < -0.3 is 24.2 Å². The van der Waals surface area contributed by atoms with Crippen LogP contribution in [0.15, 0.2) is 48.5 Å². The van der Waals surface area contributed by atoms with Crippen molar-refractivity contribution in [1.82, 2.24) is 14.7 Å². The third-order valence-electron chi connectivity index (χ3n) is 6.51. The van der Waals surface area contributed by atoms with Gasteiger partial charge in [-0.3, -0.25) is 14.4 Å². The van der Waals surface area contributed by atoms with Gasteiger partial charge in [0.1, 0.15) is 0 Å². The zero-order valence-electron chi connectivity index (χ0n) is 19.7. The summed E-state index contributed by atoms with van der Waals surface area (Å²) in [5.41, 5.74) is 1.58. The summed E-state index contributed by atoms with van der Waals surface area (Å²) < 4.78 is 10.6. The first kappa shape index (κ1) is 23.6. The molecule has 2 aromatic carbocycles. The van der Waals surface area contributed by atoms with Crippen molar-refractivity contribution in [3.05, 3.63) is 59.7 Å². The lowest BCUT2D eigenvalue weighted by Crippen LogP contribution is -2.40. The van der Waals surface area contributed by atoms with Crippen molar-refractivity contribution in [3.63, 3.8) is 0 Å². The molecule has 2 aromatic rings. The summed E-state index contributed by atoms with van der Waals surface area (Å²) in [7, 11) is 3.09. The van der Waals surface area contributed by atoms with Gasteiger partial charge in [0.25, 0.3) is 5.91 Å². The predicted molar refractivity (Wildman–Crippen MR) is 127 cm³/mol. The van der Waals surface area contributed by atoms with E-state index < -0.39 is 0 Å². The summed E-state index contributed by atoms with van der Waals surface area (Å²) in [6.07, 6.45) is 0.940. The molecule has 1 atom stereocenters. The van der Waals surface area contributed by atoms with Crippen molar-refractivity contribution in [3.8, 4) is 11.5 Å². The van der Waals surface area contributed by atoms with Crippen LogP contribution < -0.4 is 9.47 Å². The Kier molecular flexibility index (Phi) is 7.35. The molecular formula is C26H31N3O5. The minimum atomic E-state index is -0.329. The van der Waals surface area contributed by atoms with Crippen molar-refractivity contribution in [1.29, 1.82) is 0 Å². The Morgan fingerprint density at radius 2 is 1.62 bits per heavy atom. The van der Waals surface area contributed by atoms with Crippen molar-refractivity contribution >= 4 is 17.7 Å². The van der Waals surface area contributed by atoms with Crippen LogP contribution in [0.1, 0.15) is 28.8 Å². The Morgan fingerprint density at radius 3 is 2.35 bits per heavy atom. The van der Waals surface area contributed by atoms with Crippen LogP contribution in [0.2, 0.25) is 0 Å². The van der Waals surface area contributed by atoms with E-state index in [-0.39, 0.29) is 30.1 Å². The Bertz CT molecular complexity index is 1040. The van der Waals surface area contributed by atoms with Crippen molar-refractivity contribution < 1.29 is 23.9 Å². The lowest BCUT2D eigenvalue weighted by atomic mass is 10.1. The molecule has 2 aliphatic rings. The Balaban J connectivity index is 1.35. The van der Waals surface area contributed by atoms with Crippen molar-refractivity contribution in [2.75, 3.05) is 46.9 Å². The molecule has 0 aromatic heterocycles. The number of nitrogens with zero attached hydrogens (tertiary/aromatic N) is 3. The van der Waals surface area contributed by atoms with Crippen molar-refractivity contribution in [2.24, 2.45) is 5.92 Å². The SMILES string of the molecule is COc1ccc(C(=O)N2CCCN(C(=O)C3CC(=O)N(Cc4ccccc4)C3)CC2)cc1OC. The number of hydrogen-bond donors (Lipinski definition) is 0. The highest BCUT2D eigenvalue weighted by atomic mass is 16.5. The summed E-state index contributed by atoms with van der Waals surface area (Å²) >= 11 is 0. The molecule has 0 N–H and O–H groups in total. The number of methoxy groups -OCH3 is 2. The average molecular weight is 466 g/mol. The molecular weight excluding hydrogens is 434 g/mol. The summed E-state index contributed by atoms with van der Waals surface area (Å²) in [5.74, 6) is 0.668. The fourth-order valence-electron chi connectivity index (χ4n) is 4.65. The first-order valence-corrected chi connectivity index (χ1v) is 11.6. The fourth-order valence-corrected chi connectivity index (χ4v) is 4.65. The number of carbonyl (C=O) groups is 3. The standard InChI is InChI=1S/C26H31N3O5/c1-33-22-10-9-20(15-23(22)34-2)25(31)27-11-6-12-28(14-13-27)26(32)21-16-24(30)29(18-21)17-19-7-4-3-5-8-19/h3-5,7-10,15,21H,6,11-14,16-18H2,1-2H3. The summed E-state index contributed by atoms with van der Waals surface area (Å²) in [6, 6.07) is 14.9. The zero-order chi connectivity index (χ0) is 24.1. The minimum Gasteiger partial charge on any atom is -0.493 e. The quantitative estimate of drug-likeness (QED) is 0.655. The van der Waals surface area contributed by atoms with Crippen LogP contribution in [0.25, 0.3) is 0 Å². The molecule has 180 valence electrons. The van der Waals surface area contributed by atoms with E-state index in [4.69, 9.17) is 9.47 Å². The van der Waals surface area contributed by atoms with E-state index in [0.29, 0.717) is 62.8 Å². The van der Waals surface area contributed by atoms with Crippen LogP contribution in [0.5, 0.6) is 11.5 Å². The molecule has 0 radical (unpaired) electrons. The number of ether oxygens (including phenoxy) is 2. The molecule has 0 bridgehead atoms. The Morgan fingerprint density at radius 1 is 0.912 bits per heavy atom. The number of carbonyl (C=O) groups excluding carboxylic acids is 3. The second-order valence-corrected chi connectivity index (χ2v) is 8.70. The lowest BCUT2D eigenvalue weighted by molar-refractivity contribution is -0.135. The molecule has 1 unspecified atom stereocenters. The van der Waals surface area contributed by atoms with E-state index >= 15 is 0 Å². The molecule has 0 aliphatic carbocycles. The van der Waals surface area contributed by atoms with Crippen LogP contribution in [0, 0.1) is 5.92 Å². The maximum Gasteiger partial charge on any atom is 0.254 e. The maximum atomic E-state index is 13.2. The van der Waals surface area contributed by atoms with Gasteiger partial charge in [0.15, 0.2) is 11.5 Å². The number of rotatable bonds is 6. The number of likely N-dealkylation sites (tertiary alicyclic amines) is 1. The van der Waals surface area contributed by atoms with E-state index in [0.717, 1.165) is 5.56 Å². The molecule has 2 heterocycles. The largest absolute Gasteiger partial charge is 0.493 e. The molecule has 4 rings (SSSR count). The van der Waals surface area contributed by atoms with Gasteiger partial charge in [-0.15, -0.1) is 0 Å². The van der Waals surface area contributed by atoms with E-state index in [1.165, 1.54) is 7.11 Å². The third kappa shape index (κ3) is 5.16. The lowest BCUT2D eigenvalue weighted by Gasteiger charge is -2.25. The topological polar surface area (TPSA) is 79.4 Å². The molecule has 8 nitrogen and oxygen atoms in total. The molecule has 0 spiro atoms. The second-order valence-electron chi connectivity index (χ2n) is 8.70. The van der Waals surface area contributed by atoms with Gasteiger partial charge in [0.2, 0.25) is 11.8 Å². The highest BCUT2D eigenvalue weighted by molar-refractivity contribution is 5.95. The summed E-state index contributed by atoms with van der Waals surface area (Å²) in [6.45, 7) is 3.03. The van der Waals surface area contributed by atoms with E-state index in [1.54, 1.807) is 35.1 Å². The minimum absolute atomic E-state index is 0.00401. The number of benzene rings is 2. The maximum absolute atomic E-state index is 13.2. The molecule has 2 aliphatic heterocycles. The van der Waals surface area contributed by atoms with Gasteiger partial charge in [0.05, 0.1) is 20.1 Å². The number of hydrogen-bond acceptors (Lipinski definition) is 5. The summed E-state index contributed by atoms with van der Waals surface area (Å²) in [4.78, 5) is 44.2. The zero-order valence-corrected chi connectivity index (χ0v) is 19.7. The first-order chi connectivity index (χ1) is 16.5. The van der Waals surface area contributed by atoms with Gasteiger partial charge in [-0.1, -0.05) is 30.3 Å². The highest BCUT2D eigenvalue weighted by Gasteiger charge is 2.37. The fraction of sp³-hybridized carbons (Fsp3) is 0.423. The van der Waals surface area contributed by atoms with Crippen LogP contribution >= 0.6 is 0 Å². The predicted octanol–water partition coefficient (Wildman–Crippen LogP) is 2.43. The molecule has 2 fully saturated rings. The Hall–Kier alpha value is -3.55. The highest BCUT2D eigenvalue weighted by Crippen LogP contribution is 2.28. The van der Waals surface area contributed by atoms with Gasteiger partial charge >= 0.3 is 0 Å². The first-order valence-electron chi connectivity index (χ1n) is 11.6. The third-order valence-corrected chi connectivity index (χ3v) is 6.51. The van der Waals surface area contributed by atoms with E-state index in [9.17, 15) is 14.4 Å². The Labute approximate surface area is 200 Å². The second kappa shape index (κ2) is 10.6. The number of amides is 3. The monoisotopic (exact) mass is 465 g/mol. The molecule has 2 saturated heterocycles. The van der Waals surface area contributed by atoms with Gasteiger partial charge in [0, 0.05) is 51.3 Å². The van der Waals surface area contributed by atoms with Crippen LogP contribution in [-0.4, -0.2) is 79.4 Å². The van der Waals surface area contributed by atoms with Crippen LogP contribution in [-0.2, 0) is 16.1 Å². The molecule has 34 heavy (non-hydrogen) atoms. The van der Waals surface area contributed by atoms with Gasteiger partial charge in [-0.25, -0.2) is 0 Å². The van der Waals surface area contributed by atoms with Gasteiger partial charge in [-0.2, -0.15) is 0 Å². The summed E-state index contributed by atoms with van der Waals surface area (Å²) in [5, 5.41) is 0. The molecule has 3 amide bonds. The van der Waals surface area contributed by atoms with E-state index in [2.05, 4.69) is 0 Å². The molecule has 0 saturated carbocycles. The average Bonchev–Trinajstić information content (AvgIpc) is 3.07. The van der Waals surface area contributed by atoms with Crippen molar-refractivity contribution in [2.45, 2.75) is 19.4 Å². The smallest absolute Gasteiger partial charge is 0.254 e.